The number of amides is 2. The Hall–Kier alpha value is -3.51. The van der Waals surface area contributed by atoms with Crippen molar-refractivity contribution in [2.24, 2.45) is 0 Å². The van der Waals surface area contributed by atoms with Crippen LogP contribution in [0.25, 0.3) is 0 Å². The fraction of sp³-hybridized carbons (Fsp3) is 0.125. The van der Waals surface area contributed by atoms with E-state index >= 15 is 0 Å². The second kappa shape index (κ2) is 8.70. The van der Waals surface area contributed by atoms with Gasteiger partial charge >= 0.3 is 5.91 Å². The molecular formula is C24H20ClFN3O2+. The quantitative estimate of drug-likeness (QED) is 0.611. The van der Waals surface area contributed by atoms with Gasteiger partial charge in [0.25, 0.3) is 5.91 Å². The fourth-order valence-electron chi connectivity index (χ4n) is 3.48. The maximum absolute atomic E-state index is 13.3. The number of nitrogens with one attached hydrogen (secondary N) is 2. The van der Waals surface area contributed by atoms with Crippen molar-refractivity contribution in [2.45, 2.75) is 19.0 Å². The third kappa shape index (κ3) is 4.64. The molecule has 1 saturated heterocycles. The molecule has 7 heteroatoms. The summed E-state index contributed by atoms with van der Waals surface area (Å²) in [5, 5.41) is 3.36. The van der Waals surface area contributed by atoms with Gasteiger partial charge in [-0.3, -0.25) is 9.59 Å². The molecular weight excluding hydrogens is 417 g/mol. The summed E-state index contributed by atoms with van der Waals surface area (Å²) in [7, 11) is 0. The molecule has 156 valence electrons. The number of hydrogen-bond donors (Lipinski definition) is 2. The SMILES string of the molecule is Cc1ccc([C@H]2[C@@H](NC(=O)c3ccc(Cl)cc3)C(=O)N/[N+]2=C\c2ccc(F)cc2)cc1. The number of halogens is 2. The van der Waals surface area contributed by atoms with Gasteiger partial charge in [-0.05, 0) is 55.5 Å². The Bertz CT molecular complexity index is 1140. The van der Waals surface area contributed by atoms with Crippen molar-refractivity contribution in [1.29, 1.82) is 0 Å². The van der Waals surface area contributed by atoms with Gasteiger partial charge in [-0.15, -0.1) is 10.1 Å². The molecule has 4 rings (SSSR count). The average molecular weight is 437 g/mol. The first kappa shape index (κ1) is 20.8. The first-order valence-electron chi connectivity index (χ1n) is 9.73. The number of carbonyl (C=O) groups is 2. The van der Waals surface area contributed by atoms with E-state index in [1.165, 1.54) is 12.1 Å². The lowest BCUT2D eigenvalue weighted by molar-refractivity contribution is -0.596. The van der Waals surface area contributed by atoms with Gasteiger partial charge in [-0.1, -0.05) is 41.4 Å². The summed E-state index contributed by atoms with van der Waals surface area (Å²) in [6.45, 7) is 1.98. The Morgan fingerprint density at radius 2 is 1.68 bits per heavy atom. The molecule has 1 aliphatic heterocycles. The van der Waals surface area contributed by atoms with Gasteiger partial charge in [0, 0.05) is 21.7 Å². The molecule has 0 aromatic heterocycles. The van der Waals surface area contributed by atoms with Crippen LogP contribution in [0.1, 0.15) is 33.1 Å². The van der Waals surface area contributed by atoms with Gasteiger partial charge in [0.1, 0.15) is 5.82 Å². The number of aryl methyl sites for hydroxylation is 1. The molecule has 2 amide bonds. The second-order valence-electron chi connectivity index (χ2n) is 7.38. The summed E-state index contributed by atoms with van der Waals surface area (Å²) in [6.07, 6.45) is 1.72. The van der Waals surface area contributed by atoms with E-state index in [4.69, 9.17) is 11.6 Å². The van der Waals surface area contributed by atoms with Crippen molar-refractivity contribution < 1.29 is 18.7 Å². The van der Waals surface area contributed by atoms with Crippen molar-refractivity contribution in [3.05, 3.63) is 106 Å². The summed E-state index contributed by atoms with van der Waals surface area (Å²) in [5.41, 5.74) is 5.85. The molecule has 3 aromatic rings. The Morgan fingerprint density at radius 3 is 2.32 bits per heavy atom. The van der Waals surface area contributed by atoms with Crippen LogP contribution in [-0.4, -0.2) is 28.8 Å². The minimum Gasteiger partial charge on any atom is -0.334 e. The lowest BCUT2D eigenvalue weighted by Gasteiger charge is -2.15. The molecule has 3 aromatic carbocycles. The van der Waals surface area contributed by atoms with Crippen LogP contribution in [0, 0.1) is 12.7 Å². The number of nitrogens with zero attached hydrogens (tertiary/aromatic N) is 1. The maximum Gasteiger partial charge on any atom is 0.304 e. The highest BCUT2D eigenvalue weighted by Gasteiger charge is 2.47. The maximum atomic E-state index is 13.3. The van der Waals surface area contributed by atoms with E-state index in [1.807, 2.05) is 31.2 Å². The van der Waals surface area contributed by atoms with Gasteiger partial charge in [0.05, 0.1) is 0 Å². The van der Waals surface area contributed by atoms with Gasteiger partial charge in [-0.25, -0.2) is 4.39 Å². The zero-order chi connectivity index (χ0) is 22.0. The molecule has 0 saturated carbocycles. The van der Waals surface area contributed by atoms with Crippen LogP contribution in [0.4, 0.5) is 4.39 Å². The van der Waals surface area contributed by atoms with E-state index in [9.17, 15) is 14.0 Å². The number of hydrogen-bond acceptors (Lipinski definition) is 2. The summed E-state index contributed by atoms with van der Waals surface area (Å²) < 4.78 is 14.9. The Kier molecular flexibility index (Phi) is 5.82. The van der Waals surface area contributed by atoms with Gasteiger partial charge in [0.2, 0.25) is 12.3 Å². The zero-order valence-electron chi connectivity index (χ0n) is 16.7. The molecule has 5 nitrogen and oxygen atoms in total. The lowest BCUT2D eigenvalue weighted by Crippen LogP contribution is -2.42. The molecule has 0 unspecified atom stereocenters. The fourth-order valence-corrected chi connectivity index (χ4v) is 3.61. The molecule has 0 aliphatic carbocycles. The van der Waals surface area contributed by atoms with Crippen molar-refractivity contribution in [2.75, 3.05) is 0 Å². The molecule has 0 spiro atoms. The van der Waals surface area contributed by atoms with Crippen LogP contribution in [0.3, 0.4) is 0 Å². The molecule has 1 heterocycles. The van der Waals surface area contributed by atoms with Crippen LogP contribution < -0.4 is 10.7 Å². The first-order valence-corrected chi connectivity index (χ1v) is 10.1. The van der Waals surface area contributed by atoms with E-state index in [0.29, 0.717) is 16.1 Å². The first-order chi connectivity index (χ1) is 14.9. The topological polar surface area (TPSA) is 61.2 Å². The summed E-state index contributed by atoms with van der Waals surface area (Å²) in [4.78, 5) is 25.6. The summed E-state index contributed by atoms with van der Waals surface area (Å²) in [5.74, 6) is -1.06. The molecule has 0 radical (unpaired) electrons. The van der Waals surface area contributed by atoms with Gasteiger partial charge < -0.3 is 5.32 Å². The number of rotatable bonds is 4. The third-order valence-corrected chi connectivity index (χ3v) is 5.36. The molecule has 1 aliphatic rings. The standard InChI is InChI=1S/C24H19ClFN3O2/c1-15-2-6-17(7-3-15)22-21(27-23(30)18-8-10-19(25)11-9-18)24(31)28-29(22)14-16-4-12-20(26)13-5-16/h2-14,21-22H,1H3,(H-,27,28,30,31)/p+1/b29-14-/t21-,22+/m1/s1. The average Bonchev–Trinajstić information content (AvgIpc) is 3.05. The largest absolute Gasteiger partial charge is 0.334 e. The Balaban J connectivity index is 1.69. The van der Waals surface area contributed by atoms with Crippen LogP contribution in [0.15, 0.2) is 72.8 Å². The molecule has 2 N–H and O–H groups in total. The van der Waals surface area contributed by atoms with Crippen LogP contribution >= 0.6 is 11.6 Å². The highest BCUT2D eigenvalue weighted by atomic mass is 35.5. The molecule has 0 bridgehead atoms. The van der Waals surface area contributed by atoms with E-state index in [0.717, 1.165) is 11.1 Å². The van der Waals surface area contributed by atoms with Crippen LogP contribution in [-0.2, 0) is 4.79 Å². The minimum absolute atomic E-state index is 0.341. The smallest absolute Gasteiger partial charge is 0.304 e. The lowest BCUT2D eigenvalue weighted by atomic mass is 9.98. The molecule has 1 fully saturated rings. The molecule has 2 atom stereocenters. The normalized spacial score (nSPS) is 19.3. The van der Waals surface area contributed by atoms with Crippen LogP contribution in [0.2, 0.25) is 5.02 Å². The number of hydrazone groups is 1. The van der Waals surface area contributed by atoms with Gasteiger partial charge in [0.15, 0.2) is 6.04 Å². The van der Waals surface area contributed by atoms with E-state index in [-0.39, 0.29) is 17.6 Å². The Labute approximate surface area is 184 Å². The number of benzene rings is 3. The van der Waals surface area contributed by atoms with Gasteiger partial charge in [-0.2, -0.15) is 0 Å². The monoisotopic (exact) mass is 436 g/mol. The van der Waals surface area contributed by atoms with Crippen molar-refractivity contribution in [3.8, 4) is 0 Å². The third-order valence-electron chi connectivity index (χ3n) is 5.11. The predicted octanol–water partition coefficient (Wildman–Crippen LogP) is 3.80. The highest BCUT2D eigenvalue weighted by molar-refractivity contribution is 6.30. The van der Waals surface area contributed by atoms with Crippen molar-refractivity contribution in [3.63, 3.8) is 0 Å². The number of carbonyl (C=O) groups excluding carboxylic acids is 2. The van der Waals surface area contributed by atoms with E-state index in [1.54, 1.807) is 47.3 Å². The molecule has 31 heavy (non-hydrogen) atoms. The number of hydrazine groups is 1. The highest BCUT2D eigenvalue weighted by Crippen LogP contribution is 2.26. The van der Waals surface area contributed by atoms with E-state index in [2.05, 4.69) is 10.7 Å². The van der Waals surface area contributed by atoms with Crippen molar-refractivity contribution in [1.82, 2.24) is 10.7 Å². The summed E-state index contributed by atoms with van der Waals surface area (Å²) >= 11 is 5.90. The van der Waals surface area contributed by atoms with Crippen LogP contribution in [0.5, 0.6) is 0 Å². The second-order valence-corrected chi connectivity index (χ2v) is 7.81. The summed E-state index contributed by atoms with van der Waals surface area (Å²) in [6, 6.07) is 18.8. The predicted molar refractivity (Wildman–Crippen MR) is 117 cm³/mol. The van der Waals surface area contributed by atoms with E-state index < -0.39 is 12.1 Å². The Morgan fingerprint density at radius 1 is 1.03 bits per heavy atom. The minimum atomic E-state index is -0.831. The van der Waals surface area contributed by atoms with Crippen molar-refractivity contribution >= 4 is 29.6 Å². The zero-order valence-corrected chi connectivity index (χ0v) is 17.4.